The van der Waals surface area contributed by atoms with Crippen LogP contribution in [0.3, 0.4) is 0 Å². The fraction of sp³-hybridized carbons (Fsp3) is 0.0526. The van der Waals surface area contributed by atoms with E-state index in [1.165, 1.54) is 120 Å². The Labute approximate surface area is 332 Å². The Kier molecular flexibility index (Phi) is 6.78. The van der Waals surface area contributed by atoms with E-state index in [0.717, 1.165) is 0 Å². The van der Waals surface area contributed by atoms with Gasteiger partial charge in [0.05, 0.1) is 0 Å². The molecule has 1 aliphatic rings. The van der Waals surface area contributed by atoms with Gasteiger partial charge in [-0.15, -0.1) is 0 Å². The molecule has 0 heterocycles. The molecule has 0 aromatic heterocycles. The van der Waals surface area contributed by atoms with E-state index in [-0.39, 0.29) is 5.41 Å². The van der Waals surface area contributed by atoms with Crippen LogP contribution in [0.4, 0.5) is 0 Å². The fourth-order valence-electron chi connectivity index (χ4n) is 10.7. The third kappa shape index (κ3) is 4.44. The summed E-state index contributed by atoms with van der Waals surface area (Å²) >= 11 is 0. The van der Waals surface area contributed by atoms with E-state index in [0.29, 0.717) is 0 Å². The molecule has 0 bridgehead atoms. The molecule has 0 fully saturated rings. The van der Waals surface area contributed by atoms with Crippen molar-refractivity contribution in [2.24, 2.45) is 0 Å². The van der Waals surface area contributed by atoms with Gasteiger partial charge in [-0.1, -0.05) is 202 Å². The topological polar surface area (TPSA) is 0 Å². The third-order valence-corrected chi connectivity index (χ3v) is 13.0. The lowest BCUT2D eigenvalue weighted by Gasteiger charge is -2.24. The molecule has 0 saturated carbocycles. The number of hydrogen-bond acceptors (Lipinski definition) is 0. The summed E-state index contributed by atoms with van der Waals surface area (Å²) in [6, 6.07) is 72.5. The van der Waals surface area contributed by atoms with Gasteiger partial charge in [0.25, 0.3) is 0 Å². The Balaban J connectivity index is 1.20. The molecule has 11 aromatic rings. The normalized spacial score (nSPS) is 13.2. The summed E-state index contributed by atoms with van der Waals surface area (Å²) in [5.74, 6) is 0. The minimum absolute atomic E-state index is 0.183. The van der Waals surface area contributed by atoms with Gasteiger partial charge in [-0.3, -0.25) is 0 Å². The smallest absolute Gasteiger partial charge is 0.0165 e. The van der Waals surface area contributed by atoms with Crippen molar-refractivity contribution >= 4 is 64.6 Å². The molecule has 0 heteroatoms. The van der Waals surface area contributed by atoms with Crippen molar-refractivity contribution in [3.05, 3.63) is 205 Å². The van der Waals surface area contributed by atoms with E-state index in [9.17, 15) is 0 Å². The zero-order valence-electron chi connectivity index (χ0n) is 32.0. The van der Waals surface area contributed by atoms with Crippen LogP contribution < -0.4 is 0 Å². The van der Waals surface area contributed by atoms with Crippen LogP contribution in [-0.4, -0.2) is 0 Å². The SMILES string of the molecule is CC1(C)c2cccc(-c3c4ccccc4c(-c4ccccc4-c4cc5ccccc5c5ccccc45)c4ccccc34)c2-c2c1c1ccccc1c1ccccc21. The van der Waals surface area contributed by atoms with Crippen LogP contribution >= 0.6 is 0 Å². The molecule has 1 aliphatic carbocycles. The van der Waals surface area contributed by atoms with Crippen molar-refractivity contribution in [3.8, 4) is 44.5 Å². The third-order valence-electron chi connectivity index (χ3n) is 13.0. The van der Waals surface area contributed by atoms with Crippen molar-refractivity contribution in [2.75, 3.05) is 0 Å². The van der Waals surface area contributed by atoms with Crippen LogP contribution in [-0.2, 0) is 5.41 Å². The van der Waals surface area contributed by atoms with Gasteiger partial charge in [0.1, 0.15) is 0 Å². The van der Waals surface area contributed by atoms with Crippen molar-refractivity contribution in [2.45, 2.75) is 19.3 Å². The van der Waals surface area contributed by atoms with Crippen molar-refractivity contribution < 1.29 is 0 Å². The summed E-state index contributed by atoms with van der Waals surface area (Å²) < 4.78 is 0. The molecule has 12 rings (SSSR count). The van der Waals surface area contributed by atoms with Gasteiger partial charge in [0, 0.05) is 5.41 Å². The van der Waals surface area contributed by atoms with Crippen LogP contribution in [0.2, 0.25) is 0 Å². The van der Waals surface area contributed by atoms with E-state index < -0.39 is 0 Å². The van der Waals surface area contributed by atoms with E-state index >= 15 is 0 Å². The second kappa shape index (κ2) is 12.0. The highest BCUT2D eigenvalue weighted by Gasteiger charge is 2.40. The lowest BCUT2D eigenvalue weighted by Crippen LogP contribution is -2.15. The standard InChI is InChI=1S/C57H38/c1-57(2)51-33-17-32-49(54(51)55-43-26-11-7-21-38(43)39-22-9-16-31-48(39)56(55)57)53-46-29-14-12-27-44(46)52(45-28-13-15-30-47(45)53)42-25-10-8-24-41(42)50-34-35-18-3-4-19-36(35)37-20-5-6-23-40(37)50/h3-34H,1-2H3. The lowest BCUT2D eigenvalue weighted by atomic mass is 9.79. The molecule has 0 N–H and O–H groups in total. The molecule has 0 saturated heterocycles. The summed E-state index contributed by atoms with van der Waals surface area (Å²) in [4.78, 5) is 0. The van der Waals surface area contributed by atoms with Crippen LogP contribution in [0.5, 0.6) is 0 Å². The minimum Gasteiger partial charge on any atom is -0.0616 e. The lowest BCUT2D eigenvalue weighted by molar-refractivity contribution is 0.666. The molecule has 0 aliphatic heterocycles. The quantitative estimate of drug-likeness (QED) is 0.126. The van der Waals surface area contributed by atoms with Crippen LogP contribution in [0.15, 0.2) is 194 Å². The first-order valence-electron chi connectivity index (χ1n) is 20.1. The van der Waals surface area contributed by atoms with Gasteiger partial charge in [0.15, 0.2) is 0 Å². The molecule has 11 aromatic carbocycles. The summed E-state index contributed by atoms with van der Waals surface area (Å²) in [7, 11) is 0. The first kappa shape index (κ1) is 32.2. The number of hydrogen-bond donors (Lipinski definition) is 0. The van der Waals surface area contributed by atoms with Crippen LogP contribution in [0, 0.1) is 0 Å². The molecular weight excluding hydrogens is 685 g/mol. The minimum atomic E-state index is -0.183. The average Bonchev–Trinajstić information content (AvgIpc) is 3.52. The Morgan fingerprint density at radius 3 is 1.28 bits per heavy atom. The van der Waals surface area contributed by atoms with Gasteiger partial charge >= 0.3 is 0 Å². The van der Waals surface area contributed by atoms with Gasteiger partial charge in [0.2, 0.25) is 0 Å². The number of fused-ring (bicyclic) bond motifs is 13. The highest BCUT2D eigenvalue weighted by atomic mass is 14.4. The fourth-order valence-corrected chi connectivity index (χ4v) is 10.7. The van der Waals surface area contributed by atoms with Crippen LogP contribution in [0.25, 0.3) is 109 Å². The summed E-state index contributed by atoms with van der Waals surface area (Å²) in [6.45, 7) is 4.85. The molecule has 0 amide bonds. The van der Waals surface area contributed by atoms with Gasteiger partial charge < -0.3 is 0 Å². The second-order valence-electron chi connectivity index (χ2n) is 16.3. The van der Waals surface area contributed by atoms with E-state index in [2.05, 4.69) is 208 Å². The van der Waals surface area contributed by atoms with Gasteiger partial charge in [-0.25, -0.2) is 0 Å². The first-order chi connectivity index (χ1) is 28.1. The predicted molar refractivity (Wildman–Crippen MR) is 245 cm³/mol. The molecule has 0 unspecified atom stereocenters. The summed E-state index contributed by atoms with van der Waals surface area (Å²) in [6.07, 6.45) is 0. The summed E-state index contributed by atoms with van der Waals surface area (Å²) in [5.41, 5.74) is 13.0. The largest absolute Gasteiger partial charge is 0.0616 e. The highest BCUT2D eigenvalue weighted by Crippen LogP contribution is 2.58. The highest BCUT2D eigenvalue weighted by molar-refractivity contribution is 6.26. The summed E-state index contributed by atoms with van der Waals surface area (Å²) in [5, 5.41) is 15.5. The Hall–Kier alpha value is -7.02. The Morgan fingerprint density at radius 2 is 0.667 bits per heavy atom. The maximum Gasteiger partial charge on any atom is 0.0165 e. The number of rotatable bonds is 3. The Morgan fingerprint density at radius 1 is 0.263 bits per heavy atom. The maximum absolute atomic E-state index is 2.43. The van der Waals surface area contributed by atoms with Gasteiger partial charge in [-0.05, 0) is 126 Å². The molecule has 57 heavy (non-hydrogen) atoms. The maximum atomic E-state index is 2.43. The van der Waals surface area contributed by atoms with E-state index in [1.807, 2.05) is 0 Å². The van der Waals surface area contributed by atoms with Crippen LogP contribution in [0.1, 0.15) is 25.0 Å². The van der Waals surface area contributed by atoms with E-state index in [4.69, 9.17) is 0 Å². The first-order valence-corrected chi connectivity index (χ1v) is 20.1. The number of benzene rings is 11. The molecular formula is C57H38. The molecule has 0 nitrogen and oxygen atoms in total. The van der Waals surface area contributed by atoms with Crippen molar-refractivity contribution in [1.29, 1.82) is 0 Å². The monoisotopic (exact) mass is 722 g/mol. The molecule has 0 radical (unpaired) electrons. The molecule has 0 spiro atoms. The van der Waals surface area contributed by atoms with Crippen molar-refractivity contribution in [3.63, 3.8) is 0 Å². The second-order valence-corrected chi connectivity index (χ2v) is 16.3. The zero-order valence-corrected chi connectivity index (χ0v) is 32.0. The molecule has 0 atom stereocenters. The zero-order chi connectivity index (χ0) is 37.8. The van der Waals surface area contributed by atoms with Crippen molar-refractivity contribution in [1.82, 2.24) is 0 Å². The van der Waals surface area contributed by atoms with E-state index in [1.54, 1.807) is 0 Å². The molecule has 266 valence electrons. The average molecular weight is 723 g/mol. The Bertz CT molecular complexity index is 3430. The predicted octanol–water partition coefficient (Wildman–Crippen LogP) is 15.9. The van der Waals surface area contributed by atoms with Gasteiger partial charge in [-0.2, -0.15) is 0 Å².